The molecule has 0 bridgehead atoms. The summed E-state index contributed by atoms with van der Waals surface area (Å²) in [5, 5.41) is 13.0. The van der Waals surface area contributed by atoms with Gasteiger partial charge in [0.05, 0.1) is 12.0 Å². The van der Waals surface area contributed by atoms with Gasteiger partial charge in [-0.15, -0.1) is 0 Å². The second-order valence-corrected chi connectivity index (χ2v) is 2.69. The van der Waals surface area contributed by atoms with Gasteiger partial charge in [0.15, 0.2) is 0 Å². The van der Waals surface area contributed by atoms with E-state index < -0.39 is 12.0 Å². The lowest BCUT2D eigenvalue weighted by Gasteiger charge is -2.15. The van der Waals surface area contributed by atoms with Crippen LogP contribution in [0.4, 0.5) is 10.1 Å². The molecule has 0 aliphatic heterocycles. The Morgan fingerprint density at radius 2 is 2.00 bits per heavy atom. The van der Waals surface area contributed by atoms with Gasteiger partial charge in [-0.3, -0.25) is 0 Å². The van der Waals surface area contributed by atoms with Gasteiger partial charge in [0.2, 0.25) is 0 Å². The minimum Gasteiger partial charge on any atom is -0.548 e. The number of rotatable bonds is 3. The minimum atomic E-state index is -1.19. The number of carbonyl (C=O) groups excluding carboxylic acids is 1. The molecule has 0 saturated heterocycles. The molecule has 3 nitrogen and oxygen atoms in total. The van der Waals surface area contributed by atoms with Crippen LogP contribution in [-0.4, -0.2) is 12.0 Å². The first-order valence-electron chi connectivity index (χ1n) is 3.82. The van der Waals surface area contributed by atoms with Gasteiger partial charge in [-0.2, -0.15) is 0 Å². The van der Waals surface area contributed by atoms with Crippen molar-refractivity contribution in [3.8, 4) is 0 Å². The van der Waals surface area contributed by atoms with Crippen LogP contribution in [0.15, 0.2) is 24.3 Å². The number of hydrogen-bond acceptors (Lipinski definition) is 3. The third-order valence-corrected chi connectivity index (χ3v) is 1.58. The van der Waals surface area contributed by atoms with Crippen LogP contribution in [0.5, 0.6) is 0 Å². The monoisotopic (exact) mass is 182 g/mol. The second kappa shape index (κ2) is 3.89. The number of nitrogens with one attached hydrogen (secondary N) is 1. The largest absolute Gasteiger partial charge is 0.548 e. The van der Waals surface area contributed by atoms with E-state index in [0.717, 1.165) is 0 Å². The molecule has 4 heteroatoms. The molecule has 0 aliphatic rings. The van der Waals surface area contributed by atoms with Crippen LogP contribution in [0.1, 0.15) is 6.92 Å². The predicted octanol–water partition coefficient (Wildman–Crippen LogP) is 0.376. The number of carboxylic acids is 1. The first kappa shape index (κ1) is 9.51. The summed E-state index contributed by atoms with van der Waals surface area (Å²) in [6, 6.07) is 4.66. The van der Waals surface area contributed by atoms with E-state index in [1.807, 2.05) is 0 Å². The maximum atomic E-state index is 12.4. The number of hydrogen-bond donors (Lipinski definition) is 1. The van der Waals surface area contributed by atoms with Gasteiger partial charge in [0.1, 0.15) is 5.82 Å². The molecule has 0 fully saturated rings. The Morgan fingerprint density at radius 3 is 2.46 bits per heavy atom. The highest BCUT2D eigenvalue weighted by atomic mass is 19.1. The van der Waals surface area contributed by atoms with E-state index in [-0.39, 0.29) is 5.82 Å². The fourth-order valence-electron chi connectivity index (χ4n) is 0.855. The zero-order valence-electron chi connectivity index (χ0n) is 7.08. The lowest BCUT2D eigenvalue weighted by Crippen LogP contribution is -2.38. The maximum absolute atomic E-state index is 12.4. The SMILES string of the molecule is C[C@@H](Nc1ccc(F)cc1)C(=O)[O-]. The number of halogens is 1. The molecule has 0 unspecified atom stereocenters. The first-order chi connectivity index (χ1) is 6.09. The quantitative estimate of drug-likeness (QED) is 0.735. The average Bonchev–Trinajstić information content (AvgIpc) is 2.08. The molecule has 0 heterocycles. The van der Waals surface area contributed by atoms with Crippen LogP contribution in [0.3, 0.4) is 0 Å². The zero-order chi connectivity index (χ0) is 9.84. The number of carboxylic acid groups (broad SMARTS) is 1. The summed E-state index contributed by atoms with van der Waals surface area (Å²) in [4.78, 5) is 10.3. The first-order valence-corrected chi connectivity index (χ1v) is 3.82. The summed E-state index contributed by atoms with van der Waals surface area (Å²) in [7, 11) is 0. The molecule has 0 amide bonds. The number of benzene rings is 1. The van der Waals surface area contributed by atoms with E-state index in [1.165, 1.54) is 31.2 Å². The van der Waals surface area contributed by atoms with Crippen molar-refractivity contribution in [1.82, 2.24) is 0 Å². The fourth-order valence-corrected chi connectivity index (χ4v) is 0.855. The van der Waals surface area contributed by atoms with Crippen molar-refractivity contribution in [1.29, 1.82) is 0 Å². The van der Waals surface area contributed by atoms with Gasteiger partial charge in [-0.25, -0.2) is 4.39 Å². The Balaban J connectivity index is 2.64. The van der Waals surface area contributed by atoms with Crippen molar-refractivity contribution in [2.24, 2.45) is 0 Å². The summed E-state index contributed by atoms with van der Waals surface area (Å²) in [5.74, 6) is -1.55. The third-order valence-electron chi connectivity index (χ3n) is 1.58. The van der Waals surface area contributed by atoms with Gasteiger partial charge < -0.3 is 15.2 Å². The van der Waals surface area contributed by atoms with Crippen molar-refractivity contribution in [2.75, 3.05) is 5.32 Å². The normalized spacial score (nSPS) is 12.2. The van der Waals surface area contributed by atoms with Crippen LogP contribution in [0, 0.1) is 5.82 Å². The molecule has 0 aromatic heterocycles. The topological polar surface area (TPSA) is 52.2 Å². The van der Waals surface area contributed by atoms with Crippen molar-refractivity contribution >= 4 is 11.7 Å². The molecule has 1 atom stereocenters. The predicted molar refractivity (Wildman–Crippen MR) is 44.5 cm³/mol. The molecule has 0 radical (unpaired) electrons. The fraction of sp³-hybridized carbons (Fsp3) is 0.222. The highest BCUT2D eigenvalue weighted by Crippen LogP contribution is 2.09. The molecular formula is C9H9FNO2-. The third kappa shape index (κ3) is 2.74. The van der Waals surface area contributed by atoms with Crippen LogP contribution in [0.2, 0.25) is 0 Å². The van der Waals surface area contributed by atoms with E-state index in [0.29, 0.717) is 5.69 Å². The van der Waals surface area contributed by atoms with Crippen LogP contribution < -0.4 is 10.4 Å². The van der Waals surface area contributed by atoms with Crippen molar-refractivity contribution < 1.29 is 14.3 Å². The summed E-state index contributed by atoms with van der Waals surface area (Å²) in [6.45, 7) is 1.46. The molecule has 0 saturated carbocycles. The van der Waals surface area contributed by atoms with E-state index >= 15 is 0 Å². The number of carbonyl (C=O) groups is 1. The minimum absolute atomic E-state index is 0.355. The smallest absolute Gasteiger partial charge is 0.123 e. The number of anilines is 1. The lowest BCUT2D eigenvalue weighted by atomic mass is 10.2. The molecule has 0 aliphatic carbocycles. The summed E-state index contributed by atoms with van der Waals surface area (Å²) >= 11 is 0. The van der Waals surface area contributed by atoms with Gasteiger partial charge in [-0.1, -0.05) is 0 Å². The van der Waals surface area contributed by atoms with E-state index in [2.05, 4.69) is 5.32 Å². The van der Waals surface area contributed by atoms with Crippen LogP contribution in [0.25, 0.3) is 0 Å². The molecular weight excluding hydrogens is 173 g/mol. The molecule has 1 rings (SSSR count). The van der Waals surface area contributed by atoms with Crippen LogP contribution >= 0.6 is 0 Å². The van der Waals surface area contributed by atoms with E-state index in [4.69, 9.17) is 0 Å². The Hall–Kier alpha value is -1.58. The molecule has 13 heavy (non-hydrogen) atoms. The zero-order valence-corrected chi connectivity index (χ0v) is 7.08. The standard InChI is InChI=1S/C9H10FNO2/c1-6(9(12)13)11-8-4-2-7(10)3-5-8/h2-6,11H,1H3,(H,12,13)/p-1/t6-/m1/s1. The van der Waals surface area contributed by atoms with Gasteiger partial charge in [0, 0.05) is 5.69 Å². The molecule has 1 aromatic rings. The summed E-state index contributed by atoms with van der Waals surface area (Å²) < 4.78 is 12.4. The van der Waals surface area contributed by atoms with Gasteiger partial charge in [-0.05, 0) is 31.2 Å². The Labute approximate surface area is 75.2 Å². The molecule has 1 N–H and O–H groups in total. The maximum Gasteiger partial charge on any atom is 0.123 e. The summed E-state index contributed by atoms with van der Waals surface area (Å²) in [5.41, 5.74) is 0.554. The summed E-state index contributed by atoms with van der Waals surface area (Å²) in [6.07, 6.45) is 0. The van der Waals surface area contributed by atoms with E-state index in [1.54, 1.807) is 0 Å². The van der Waals surface area contributed by atoms with Gasteiger partial charge >= 0.3 is 0 Å². The van der Waals surface area contributed by atoms with Gasteiger partial charge in [0.25, 0.3) is 0 Å². The number of aliphatic carboxylic acids is 1. The lowest BCUT2D eigenvalue weighted by molar-refractivity contribution is -0.306. The Kier molecular flexibility index (Phi) is 2.84. The highest BCUT2D eigenvalue weighted by molar-refractivity contribution is 5.74. The van der Waals surface area contributed by atoms with Crippen molar-refractivity contribution in [3.63, 3.8) is 0 Å². The molecule has 70 valence electrons. The highest BCUT2D eigenvalue weighted by Gasteiger charge is 2.01. The average molecular weight is 182 g/mol. The Bertz CT molecular complexity index is 297. The molecule has 1 aromatic carbocycles. The van der Waals surface area contributed by atoms with Crippen LogP contribution in [-0.2, 0) is 4.79 Å². The molecule has 0 spiro atoms. The van der Waals surface area contributed by atoms with Crippen molar-refractivity contribution in [2.45, 2.75) is 13.0 Å². The second-order valence-electron chi connectivity index (χ2n) is 2.69. The van der Waals surface area contributed by atoms with Crippen molar-refractivity contribution in [3.05, 3.63) is 30.1 Å². The Morgan fingerprint density at radius 1 is 1.46 bits per heavy atom. The van der Waals surface area contributed by atoms with E-state index in [9.17, 15) is 14.3 Å².